The molecular formula is C11H12FNO4. The average molecular weight is 241 g/mol. The smallest absolute Gasteiger partial charge is 0.305 e. The monoisotopic (exact) mass is 241 g/mol. The lowest BCUT2D eigenvalue weighted by Crippen LogP contribution is -2.29. The van der Waals surface area contributed by atoms with Crippen molar-refractivity contribution in [3.8, 4) is 5.75 Å². The quantitative estimate of drug-likeness (QED) is 0.826. The van der Waals surface area contributed by atoms with Gasteiger partial charge in [0.2, 0.25) is 0 Å². The van der Waals surface area contributed by atoms with E-state index in [1.165, 1.54) is 13.1 Å². The van der Waals surface area contributed by atoms with Gasteiger partial charge in [0.05, 0.1) is 12.0 Å². The van der Waals surface area contributed by atoms with E-state index in [9.17, 15) is 14.0 Å². The van der Waals surface area contributed by atoms with Crippen molar-refractivity contribution in [1.82, 2.24) is 4.90 Å². The minimum absolute atomic E-state index is 0.00547. The van der Waals surface area contributed by atoms with Crippen molar-refractivity contribution < 1.29 is 24.2 Å². The van der Waals surface area contributed by atoms with Crippen molar-refractivity contribution in [3.63, 3.8) is 0 Å². The van der Waals surface area contributed by atoms with Crippen LogP contribution in [0.3, 0.4) is 0 Å². The number of amides is 1. The number of phenols is 1. The van der Waals surface area contributed by atoms with E-state index in [1.54, 1.807) is 0 Å². The first kappa shape index (κ1) is 13.0. The van der Waals surface area contributed by atoms with Crippen molar-refractivity contribution in [2.75, 3.05) is 13.6 Å². The van der Waals surface area contributed by atoms with E-state index in [1.807, 2.05) is 0 Å². The number of halogens is 1. The number of aromatic hydroxyl groups is 1. The van der Waals surface area contributed by atoms with Gasteiger partial charge in [-0.05, 0) is 12.1 Å². The van der Waals surface area contributed by atoms with Gasteiger partial charge in [-0.2, -0.15) is 0 Å². The van der Waals surface area contributed by atoms with Gasteiger partial charge in [0.1, 0.15) is 11.6 Å². The number of carboxylic acids is 1. The van der Waals surface area contributed by atoms with Crippen LogP contribution >= 0.6 is 0 Å². The molecule has 0 heterocycles. The van der Waals surface area contributed by atoms with Gasteiger partial charge in [-0.3, -0.25) is 9.59 Å². The first-order chi connectivity index (χ1) is 7.91. The summed E-state index contributed by atoms with van der Waals surface area (Å²) in [7, 11) is 1.39. The number of carboxylic acid groups (broad SMARTS) is 1. The maximum atomic E-state index is 13.3. The number of hydrogen-bond acceptors (Lipinski definition) is 3. The molecule has 0 atom stereocenters. The molecule has 0 saturated heterocycles. The predicted octanol–water partition coefficient (Wildman–Crippen LogP) is 1.08. The number of carbonyl (C=O) groups excluding carboxylic acids is 1. The molecule has 2 N–H and O–H groups in total. The van der Waals surface area contributed by atoms with E-state index in [2.05, 4.69) is 0 Å². The van der Waals surface area contributed by atoms with Crippen LogP contribution in [0, 0.1) is 5.82 Å². The number of nitrogens with zero attached hydrogens (tertiary/aromatic N) is 1. The summed E-state index contributed by atoms with van der Waals surface area (Å²) < 4.78 is 13.3. The Hall–Kier alpha value is -2.11. The summed E-state index contributed by atoms with van der Waals surface area (Å²) in [6.07, 6.45) is -0.206. The van der Waals surface area contributed by atoms with Crippen LogP contribution in [0.2, 0.25) is 0 Å². The summed E-state index contributed by atoms with van der Waals surface area (Å²) in [4.78, 5) is 23.1. The third-order valence-corrected chi connectivity index (χ3v) is 2.19. The summed E-state index contributed by atoms with van der Waals surface area (Å²) in [5.74, 6) is -2.76. The van der Waals surface area contributed by atoms with Gasteiger partial charge in [0.15, 0.2) is 0 Å². The molecule has 17 heavy (non-hydrogen) atoms. The van der Waals surface area contributed by atoms with Crippen LogP contribution < -0.4 is 0 Å². The van der Waals surface area contributed by atoms with E-state index in [4.69, 9.17) is 10.2 Å². The number of carbonyl (C=O) groups is 2. The molecule has 6 heteroatoms. The molecule has 0 fully saturated rings. The van der Waals surface area contributed by atoms with E-state index in [-0.39, 0.29) is 24.3 Å². The molecule has 92 valence electrons. The largest absolute Gasteiger partial charge is 0.508 e. The number of benzene rings is 1. The van der Waals surface area contributed by atoms with Crippen molar-refractivity contribution in [2.24, 2.45) is 0 Å². The van der Waals surface area contributed by atoms with Crippen LogP contribution in [0.4, 0.5) is 4.39 Å². The van der Waals surface area contributed by atoms with Gasteiger partial charge in [0.25, 0.3) is 5.91 Å². The van der Waals surface area contributed by atoms with Gasteiger partial charge in [0, 0.05) is 19.7 Å². The molecule has 1 aromatic carbocycles. The lowest BCUT2D eigenvalue weighted by Gasteiger charge is -2.16. The Balaban J connectivity index is 2.78. The summed E-state index contributed by atoms with van der Waals surface area (Å²) in [5.41, 5.74) is -0.198. The fourth-order valence-corrected chi connectivity index (χ4v) is 1.25. The lowest BCUT2D eigenvalue weighted by atomic mass is 10.1. The molecule has 1 amide bonds. The van der Waals surface area contributed by atoms with Gasteiger partial charge in [-0.25, -0.2) is 4.39 Å². The molecule has 0 bridgehead atoms. The maximum absolute atomic E-state index is 13.3. The summed E-state index contributed by atoms with van der Waals surface area (Å²) in [5, 5.41) is 17.5. The van der Waals surface area contributed by atoms with E-state index in [0.717, 1.165) is 17.0 Å². The highest BCUT2D eigenvalue weighted by Crippen LogP contribution is 2.16. The fourth-order valence-electron chi connectivity index (χ4n) is 1.25. The van der Waals surface area contributed by atoms with E-state index >= 15 is 0 Å². The van der Waals surface area contributed by atoms with Crippen LogP contribution in [-0.4, -0.2) is 40.6 Å². The molecular weight excluding hydrogens is 229 g/mol. The number of phenolic OH excluding ortho intramolecular Hbond substituents is 1. The fraction of sp³-hybridized carbons (Fsp3) is 0.273. The molecule has 0 aliphatic rings. The first-order valence-corrected chi connectivity index (χ1v) is 4.87. The highest BCUT2D eigenvalue weighted by molar-refractivity contribution is 5.94. The second-order valence-corrected chi connectivity index (χ2v) is 3.53. The van der Waals surface area contributed by atoms with Crippen LogP contribution in [0.25, 0.3) is 0 Å². The summed E-state index contributed by atoms with van der Waals surface area (Å²) >= 11 is 0. The second kappa shape index (κ2) is 5.29. The van der Waals surface area contributed by atoms with Crippen molar-refractivity contribution in [1.29, 1.82) is 0 Å². The number of hydrogen-bond donors (Lipinski definition) is 2. The molecule has 0 aliphatic carbocycles. The maximum Gasteiger partial charge on any atom is 0.305 e. The Morgan fingerprint density at radius 2 is 2.06 bits per heavy atom. The van der Waals surface area contributed by atoms with Crippen LogP contribution in [0.15, 0.2) is 18.2 Å². The molecule has 1 rings (SSSR count). The molecule has 0 aliphatic heterocycles. The molecule has 0 saturated carbocycles. The molecule has 5 nitrogen and oxygen atoms in total. The third kappa shape index (κ3) is 3.44. The molecule has 0 aromatic heterocycles. The second-order valence-electron chi connectivity index (χ2n) is 3.53. The Bertz CT molecular complexity index is 447. The highest BCUT2D eigenvalue weighted by Gasteiger charge is 2.16. The molecule has 0 unspecified atom stereocenters. The minimum Gasteiger partial charge on any atom is -0.508 e. The Labute approximate surface area is 97.1 Å². The highest BCUT2D eigenvalue weighted by atomic mass is 19.1. The first-order valence-electron chi connectivity index (χ1n) is 4.87. The average Bonchev–Trinajstić information content (AvgIpc) is 2.25. The number of aliphatic carboxylic acids is 1. The van der Waals surface area contributed by atoms with Gasteiger partial charge in [-0.15, -0.1) is 0 Å². The normalized spacial score (nSPS) is 10.0. The SMILES string of the molecule is CN(CCC(=O)O)C(=O)c1ccc(O)cc1F. The Morgan fingerprint density at radius 3 is 2.59 bits per heavy atom. The van der Waals surface area contributed by atoms with E-state index < -0.39 is 17.7 Å². The Morgan fingerprint density at radius 1 is 1.41 bits per heavy atom. The zero-order valence-electron chi connectivity index (χ0n) is 9.18. The van der Waals surface area contributed by atoms with Gasteiger partial charge >= 0.3 is 5.97 Å². The third-order valence-electron chi connectivity index (χ3n) is 2.19. The standard InChI is InChI=1S/C11H12FNO4/c1-13(5-4-10(15)16)11(17)8-3-2-7(14)6-9(8)12/h2-3,6,14H,4-5H2,1H3,(H,15,16). The predicted molar refractivity (Wildman–Crippen MR) is 57.3 cm³/mol. The van der Waals surface area contributed by atoms with Crippen molar-refractivity contribution >= 4 is 11.9 Å². The summed E-state index contributed by atoms with van der Waals surface area (Å²) in [6.45, 7) is -0.00547. The van der Waals surface area contributed by atoms with Crippen molar-refractivity contribution in [3.05, 3.63) is 29.6 Å². The summed E-state index contributed by atoms with van der Waals surface area (Å²) in [6, 6.07) is 3.18. The van der Waals surface area contributed by atoms with Crippen LogP contribution in [0.5, 0.6) is 5.75 Å². The number of rotatable bonds is 4. The van der Waals surface area contributed by atoms with Gasteiger partial charge < -0.3 is 15.1 Å². The van der Waals surface area contributed by atoms with Crippen LogP contribution in [0.1, 0.15) is 16.8 Å². The zero-order valence-corrected chi connectivity index (χ0v) is 9.18. The molecule has 1 aromatic rings. The Kier molecular flexibility index (Phi) is 4.03. The zero-order chi connectivity index (χ0) is 13.0. The minimum atomic E-state index is -1.03. The van der Waals surface area contributed by atoms with Gasteiger partial charge in [-0.1, -0.05) is 0 Å². The van der Waals surface area contributed by atoms with E-state index in [0.29, 0.717) is 0 Å². The molecule has 0 spiro atoms. The van der Waals surface area contributed by atoms with Crippen molar-refractivity contribution in [2.45, 2.75) is 6.42 Å². The molecule has 0 radical (unpaired) electrons. The lowest BCUT2D eigenvalue weighted by molar-refractivity contribution is -0.137. The van der Waals surface area contributed by atoms with Crippen LogP contribution in [-0.2, 0) is 4.79 Å². The topological polar surface area (TPSA) is 77.8 Å².